The van der Waals surface area contributed by atoms with Gasteiger partial charge in [0.2, 0.25) is 0 Å². The molecule has 3 N–H and O–H groups in total. The van der Waals surface area contributed by atoms with Gasteiger partial charge in [-0.1, -0.05) is 54.6 Å². The average Bonchev–Trinajstić information content (AvgIpc) is 2.96. The minimum Gasteiger partial charge on any atom is -0.497 e. The fraction of sp³-hybridized carbons (Fsp3) is 0.188. The second-order valence-electron chi connectivity index (χ2n) is 9.39. The van der Waals surface area contributed by atoms with Crippen molar-refractivity contribution >= 4 is 11.7 Å². The van der Waals surface area contributed by atoms with Crippen LogP contribution in [0.2, 0.25) is 0 Å². The van der Waals surface area contributed by atoms with Crippen molar-refractivity contribution in [1.82, 2.24) is 10.6 Å². The van der Waals surface area contributed by atoms with Gasteiger partial charge in [-0.2, -0.15) is 0 Å². The molecule has 0 bridgehead atoms. The molecule has 0 radical (unpaired) electrons. The Morgan fingerprint density at radius 3 is 2.20 bits per heavy atom. The van der Waals surface area contributed by atoms with E-state index in [-0.39, 0.29) is 29.9 Å². The zero-order chi connectivity index (χ0) is 28.5. The fourth-order valence-corrected chi connectivity index (χ4v) is 4.36. The molecule has 2 unspecified atom stereocenters. The maximum atomic E-state index is 13.9. The Labute approximate surface area is 231 Å². The van der Waals surface area contributed by atoms with Gasteiger partial charge in [-0.05, 0) is 53.9 Å². The molecular weight excluding hydrogens is 514 g/mol. The summed E-state index contributed by atoms with van der Waals surface area (Å²) in [6.45, 7) is 0.514. The number of carbonyl (C=O) groups is 2. The first-order valence-electron chi connectivity index (χ1n) is 12.8. The third-order valence-electron chi connectivity index (χ3n) is 6.40. The van der Waals surface area contributed by atoms with E-state index in [1.807, 2.05) is 30.3 Å². The number of aliphatic hydroxyl groups is 1. The first-order chi connectivity index (χ1) is 19.3. The van der Waals surface area contributed by atoms with E-state index in [2.05, 4.69) is 10.6 Å². The summed E-state index contributed by atoms with van der Waals surface area (Å²) in [6.07, 6.45) is -1.12. The number of aliphatic hydroxyl groups excluding tert-OH is 1. The number of carbonyl (C=O) groups excluding carboxylic acids is 2. The van der Waals surface area contributed by atoms with Crippen molar-refractivity contribution in [3.05, 3.63) is 137 Å². The van der Waals surface area contributed by atoms with Crippen molar-refractivity contribution in [2.75, 3.05) is 13.7 Å². The molecule has 0 aliphatic rings. The molecule has 0 aromatic heterocycles. The highest BCUT2D eigenvalue weighted by atomic mass is 19.1. The first-order valence-corrected chi connectivity index (χ1v) is 12.8. The molecule has 6 nitrogen and oxygen atoms in total. The summed E-state index contributed by atoms with van der Waals surface area (Å²) in [5, 5.41) is 17.0. The van der Waals surface area contributed by atoms with Crippen LogP contribution in [-0.2, 0) is 13.0 Å². The van der Waals surface area contributed by atoms with E-state index < -0.39 is 29.7 Å². The molecule has 0 aliphatic heterocycles. The van der Waals surface area contributed by atoms with Crippen LogP contribution in [0.1, 0.15) is 37.4 Å². The number of ketones is 1. The van der Waals surface area contributed by atoms with Crippen LogP contribution >= 0.6 is 0 Å². The van der Waals surface area contributed by atoms with Gasteiger partial charge < -0.3 is 20.5 Å². The predicted octanol–water partition coefficient (Wildman–Crippen LogP) is 4.70. The fourth-order valence-electron chi connectivity index (χ4n) is 4.36. The smallest absolute Gasteiger partial charge is 0.251 e. The Bertz CT molecular complexity index is 1440. The van der Waals surface area contributed by atoms with Crippen molar-refractivity contribution in [3.8, 4) is 5.75 Å². The molecule has 40 heavy (non-hydrogen) atoms. The second kappa shape index (κ2) is 13.6. The van der Waals surface area contributed by atoms with Crippen molar-refractivity contribution in [1.29, 1.82) is 0 Å². The van der Waals surface area contributed by atoms with E-state index in [4.69, 9.17) is 4.74 Å². The largest absolute Gasteiger partial charge is 0.497 e. The van der Waals surface area contributed by atoms with E-state index in [1.165, 1.54) is 6.07 Å². The minimum absolute atomic E-state index is 0.0228. The van der Waals surface area contributed by atoms with Gasteiger partial charge in [0.05, 0.1) is 19.3 Å². The van der Waals surface area contributed by atoms with Crippen molar-refractivity contribution in [2.24, 2.45) is 0 Å². The highest BCUT2D eigenvalue weighted by Gasteiger charge is 2.23. The average molecular weight is 545 g/mol. The van der Waals surface area contributed by atoms with Gasteiger partial charge in [-0.3, -0.25) is 9.59 Å². The number of ether oxygens (including phenoxy) is 1. The molecular formula is C32H30F2N2O4. The summed E-state index contributed by atoms with van der Waals surface area (Å²) < 4.78 is 33.0. The molecule has 0 saturated carbocycles. The van der Waals surface area contributed by atoms with E-state index in [0.717, 1.165) is 23.8 Å². The van der Waals surface area contributed by atoms with E-state index in [1.54, 1.807) is 49.6 Å². The Morgan fingerprint density at radius 2 is 1.48 bits per heavy atom. The van der Waals surface area contributed by atoms with Crippen molar-refractivity contribution < 1.29 is 28.2 Å². The maximum Gasteiger partial charge on any atom is 0.251 e. The zero-order valence-electron chi connectivity index (χ0n) is 21.9. The van der Waals surface area contributed by atoms with E-state index in [9.17, 15) is 23.5 Å². The molecule has 4 aromatic rings. The Morgan fingerprint density at radius 1 is 0.800 bits per heavy atom. The molecule has 0 fully saturated rings. The number of nitrogens with one attached hydrogen (secondary N) is 2. The molecule has 8 heteroatoms. The van der Waals surface area contributed by atoms with Gasteiger partial charge >= 0.3 is 0 Å². The quantitative estimate of drug-likeness (QED) is 0.225. The Kier molecular flexibility index (Phi) is 9.72. The summed E-state index contributed by atoms with van der Waals surface area (Å²) in [5.74, 6) is -1.57. The van der Waals surface area contributed by atoms with E-state index >= 15 is 0 Å². The number of amides is 1. The van der Waals surface area contributed by atoms with Crippen LogP contribution in [0.15, 0.2) is 97.1 Å². The van der Waals surface area contributed by atoms with Gasteiger partial charge in [0.1, 0.15) is 17.4 Å². The Balaban J connectivity index is 1.49. The molecule has 4 rings (SSSR count). The van der Waals surface area contributed by atoms with Crippen molar-refractivity contribution in [3.63, 3.8) is 0 Å². The predicted molar refractivity (Wildman–Crippen MR) is 148 cm³/mol. The number of hydrogen-bond acceptors (Lipinski definition) is 5. The molecule has 0 spiro atoms. The second-order valence-corrected chi connectivity index (χ2v) is 9.39. The van der Waals surface area contributed by atoms with Gasteiger partial charge in [0.25, 0.3) is 5.91 Å². The van der Waals surface area contributed by atoms with Crippen LogP contribution in [0.4, 0.5) is 8.78 Å². The van der Waals surface area contributed by atoms with Crippen LogP contribution in [0, 0.1) is 11.6 Å². The molecule has 1 amide bonds. The minimum atomic E-state index is -1.10. The molecule has 2 atom stereocenters. The van der Waals surface area contributed by atoms with Gasteiger partial charge in [-0.25, -0.2) is 8.78 Å². The lowest BCUT2D eigenvalue weighted by Crippen LogP contribution is -2.48. The molecule has 206 valence electrons. The highest BCUT2D eigenvalue weighted by molar-refractivity contribution is 6.10. The molecule has 4 aromatic carbocycles. The molecule has 0 saturated heterocycles. The summed E-state index contributed by atoms with van der Waals surface area (Å²) >= 11 is 0. The topological polar surface area (TPSA) is 87.7 Å². The van der Waals surface area contributed by atoms with Gasteiger partial charge in [0.15, 0.2) is 5.78 Å². The lowest BCUT2D eigenvalue weighted by Gasteiger charge is -2.25. The Hall–Kier alpha value is -4.40. The number of hydrogen-bond donors (Lipinski definition) is 3. The van der Waals surface area contributed by atoms with Crippen molar-refractivity contribution in [2.45, 2.75) is 25.1 Å². The maximum absolute atomic E-state index is 13.9. The number of benzene rings is 4. The number of halogens is 2. The summed E-state index contributed by atoms with van der Waals surface area (Å²) in [5.41, 5.74) is 2.25. The molecule has 0 aliphatic carbocycles. The molecule has 0 heterocycles. The third-order valence-corrected chi connectivity index (χ3v) is 6.40. The zero-order valence-corrected chi connectivity index (χ0v) is 21.9. The lowest BCUT2D eigenvalue weighted by molar-refractivity contribution is 0.0830. The highest BCUT2D eigenvalue weighted by Crippen LogP contribution is 2.16. The monoisotopic (exact) mass is 544 g/mol. The van der Waals surface area contributed by atoms with Crippen LogP contribution < -0.4 is 15.4 Å². The third kappa shape index (κ3) is 7.81. The summed E-state index contributed by atoms with van der Waals surface area (Å²) in [6, 6.07) is 24.6. The van der Waals surface area contributed by atoms with Crippen LogP contribution in [0.5, 0.6) is 5.75 Å². The van der Waals surface area contributed by atoms with Crippen LogP contribution in [-0.4, -0.2) is 42.6 Å². The lowest BCUT2D eigenvalue weighted by atomic mass is 9.99. The van der Waals surface area contributed by atoms with Crippen LogP contribution in [0.3, 0.4) is 0 Å². The van der Waals surface area contributed by atoms with Gasteiger partial charge in [0, 0.05) is 35.8 Å². The van der Waals surface area contributed by atoms with E-state index in [0.29, 0.717) is 23.4 Å². The first kappa shape index (κ1) is 28.6. The van der Waals surface area contributed by atoms with Crippen LogP contribution in [0.25, 0.3) is 0 Å². The number of rotatable bonds is 12. The standard InChI is InChI=1S/C32H30F2N2O4/c1-40-28-12-5-7-21(15-28)19-35-20-30(37)29(16-22-13-26(33)18-27(34)14-22)36-32(39)25-11-6-10-24(17-25)31(38)23-8-3-2-4-9-23/h2-15,17-18,29-30,35,37H,16,19-20H2,1H3,(H,36,39). The SMILES string of the molecule is COc1cccc(CNCC(O)C(Cc2cc(F)cc(F)c2)NC(=O)c2cccc(C(=O)c3ccccc3)c2)c1. The normalized spacial score (nSPS) is 12.4. The van der Waals surface area contributed by atoms with Gasteiger partial charge in [-0.15, -0.1) is 0 Å². The number of methoxy groups -OCH3 is 1. The summed E-state index contributed by atoms with van der Waals surface area (Å²) in [4.78, 5) is 26.1. The summed E-state index contributed by atoms with van der Waals surface area (Å²) in [7, 11) is 1.58.